The summed E-state index contributed by atoms with van der Waals surface area (Å²) < 4.78 is 0. The Morgan fingerprint density at radius 1 is 1.00 bits per heavy atom. The largest absolute Gasteiger partial charge is 0.346 e. The molecule has 2 nitrogen and oxygen atoms in total. The molecule has 0 unspecified atom stereocenters. The zero-order valence-corrected chi connectivity index (χ0v) is 15.0. The maximum atomic E-state index is 12.5. The van der Waals surface area contributed by atoms with E-state index in [0.717, 1.165) is 16.7 Å². The predicted molar refractivity (Wildman–Crippen MR) is 96.9 cm³/mol. The molecule has 0 saturated heterocycles. The Balaban J connectivity index is 2.12. The molecule has 1 atom stereocenters. The number of hydrogen-bond donors (Lipinski definition) is 1. The normalized spacial score (nSPS) is 12.8. The summed E-state index contributed by atoms with van der Waals surface area (Å²) in [6.45, 7) is 12.6. The molecule has 1 amide bonds. The van der Waals surface area contributed by atoms with Crippen LogP contribution in [0.5, 0.6) is 0 Å². The van der Waals surface area contributed by atoms with Crippen LogP contribution in [-0.2, 0) is 5.41 Å². The van der Waals surface area contributed by atoms with Crippen molar-refractivity contribution < 1.29 is 4.79 Å². The van der Waals surface area contributed by atoms with E-state index >= 15 is 0 Å². The maximum Gasteiger partial charge on any atom is 0.252 e. The van der Waals surface area contributed by atoms with Gasteiger partial charge >= 0.3 is 0 Å². The molecule has 23 heavy (non-hydrogen) atoms. The Labute approximate surface area is 139 Å². The van der Waals surface area contributed by atoms with Crippen molar-refractivity contribution in [3.63, 3.8) is 0 Å². The first kappa shape index (κ1) is 17.3. The molecule has 1 N–H and O–H groups in total. The van der Waals surface area contributed by atoms with Gasteiger partial charge in [0, 0.05) is 5.56 Å². The molecule has 2 aromatic rings. The van der Waals surface area contributed by atoms with Gasteiger partial charge in [-0.15, -0.1) is 0 Å². The van der Waals surface area contributed by atoms with Crippen molar-refractivity contribution >= 4 is 5.91 Å². The summed E-state index contributed by atoms with van der Waals surface area (Å²) in [5.74, 6) is -0.0186. The van der Waals surface area contributed by atoms with Crippen LogP contribution >= 0.6 is 0 Å². The molecule has 122 valence electrons. The molecular formula is C21H27NO. The summed E-state index contributed by atoms with van der Waals surface area (Å²) >= 11 is 0. The van der Waals surface area contributed by atoms with Gasteiger partial charge in [0.25, 0.3) is 5.91 Å². The predicted octanol–water partition coefficient (Wildman–Crippen LogP) is 5.09. The van der Waals surface area contributed by atoms with Gasteiger partial charge in [-0.05, 0) is 48.9 Å². The number of aryl methyl sites for hydroxylation is 2. The van der Waals surface area contributed by atoms with Gasteiger partial charge in [-0.3, -0.25) is 4.79 Å². The van der Waals surface area contributed by atoms with E-state index in [1.807, 2.05) is 39.0 Å². The van der Waals surface area contributed by atoms with Gasteiger partial charge in [0.1, 0.15) is 0 Å². The van der Waals surface area contributed by atoms with E-state index < -0.39 is 0 Å². The van der Waals surface area contributed by atoms with Gasteiger partial charge in [-0.1, -0.05) is 62.7 Å². The lowest BCUT2D eigenvalue weighted by Crippen LogP contribution is -2.27. The van der Waals surface area contributed by atoms with E-state index in [0.29, 0.717) is 0 Å². The van der Waals surface area contributed by atoms with Crippen LogP contribution in [0.2, 0.25) is 0 Å². The smallest absolute Gasteiger partial charge is 0.252 e. The number of rotatable bonds is 3. The lowest BCUT2D eigenvalue weighted by molar-refractivity contribution is 0.0939. The quantitative estimate of drug-likeness (QED) is 0.840. The van der Waals surface area contributed by atoms with Crippen LogP contribution in [-0.4, -0.2) is 5.91 Å². The van der Waals surface area contributed by atoms with E-state index in [9.17, 15) is 4.79 Å². The molecule has 0 spiro atoms. The number of benzene rings is 2. The molecular weight excluding hydrogens is 282 g/mol. The van der Waals surface area contributed by atoms with Gasteiger partial charge in [0.15, 0.2) is 0 Å². The van der Waals surface area contributed by atoms with Gasteiger partial charge in [0.05, 0.1) is 6.04 Å². The van der Waals surface area contributed by atoms with Crippen molar-refractivity contribution in [1.29, 1.82) is 0 Å². The summed E-state index contributed by atoms with van der Waals surface area (Å²) in [6.07, 6.45) is 0. The molecule has 0 aliphatic heterocycles. The van der Waals surface area contributed by atoms with Crippen molar-refractivity contribution in [2.45, 2.75) is 53.0 Å². The molecule has 0 bridgehead atoms. The first-order valence-electron chi connectivity index (χ1n) is 8.17. The summed E-state index contributed by atoms with van der Waals surface area (Å²) in [4.78, 5) is 12.5. The highest BCUT2D eigenvalue weighted by Crippen LogP contribution is 2.24. The minimum absolute atomic E-state index is 0.0165. The molecule has 0 saturated carbocycles. The SMILES string of the molecule is Cc1ccc(C(=O)N[C@@H](C)c2ccc(C(C)(C)C)cc2)c(C)c1. The lowest BCUT2D eigenvalue weighted by Gasteiger charge is -2.21. The molecule has 2 heteroatoms. The van der Waals surface area contributed by atoms with E-state index in [4.69, 9.17) is 0 Å². The van der Waals surface area contributed by atoms with Crippen LogP contribution in [0.1, 0.15) is 66.3 Å². The monoisotopic (exact) mass is 309 g/mol. The third-order valence-electron chi connectivity index (χ3n) is 4.25. The van der Waals surface area contributed by atoms with Crippen LogP contribution in [0.3, 0.4) is 0 Å². The standard InChI is InChI=1S/C21H27NO/c1-14-7-12-19(15(2)13-14)20(23)22-16(3)17-8-10-18(11-9-17)21(4,5)6/h7-13,16H,1-6H3,(H,22,23)/t16-/m0/s1. The number of amides is 1. The van der Waals surface area contributed by atoms with Crippen LogP contribution in [0, 0.1) is 13.8 Å². The average molecular weight is 309 g/mol. The maximum absolute atomic E-state index is 12.5. The van der Waals surface area contributed by atoms with Crippen molar-refractivity contribution in [2.24, 2.45) is 0 Å². The van der Waals surface area contributed by atoms with Gasteiger partial charge < -0.3 is 5.32 Å². The fraction of sp³-hybridized carbons (Fsp3) is 0.381. The van der Waals surface area contributed by atoms with E-state index in [-0.39, 0.29) is 17.4 Å². The van der Waals surface area contributed by atoms with E-state index in [1.54, 1.807) is 0 Å². The highest BCUT2D eigenvalue weighted by Gasteiger charge is 2.16. The fourth-order valence-corrected chi connectivity index (χ4v) is 2.70. The molecule has 2 aromatic carbocycles. The molecule has 0 radical (unpaired) electrons. The van der Waals surface area contributed by atoms with Crippen molar-refractivity contribution in [1.82, 2.24) is 5.32 Å². The van der Waals surface area contributed by atoms with Crippen LogP contribution in [0.25, 0.3) is 0 Å². The van der Waals surface area contributed by atoms with Crippen LogP contribution < -0.4 is 5.32 Å². The van der Waals surface area contributed by atoms with Crippen molar-refractivity contribution in [3.8, 4) is 0 Å². The van der Waals surface area contributed by atoms with Gasteiger partial charge in [-0.2, -0.15) is 0 Å². The Hall–Kier alpha value is -2.09. The molecule has 0 aliphatic carbocycles. The molecule has 0 fully saturated rings. The van der Waals surface area contributed by atoms with E-state index in [1.165, 1.54) is 11.1 Å². The first-order chi connectivity index (χ1) is 10.7. The topological polar surface area (TPSA) is 29.1 Å². The number of nitrogens with one attached hydrogen (secondary N) is 1. The Kier molecular flexibility index (Phi) is 4.93. The summed E-state index contributed by atoms with van der Waals surface area (Å²) in [7, 11) is 0. The van der Waals surface area contributed by atoms with Gasteiger partial charge in [0.2, 0.25) is 0 Å². The Morgan fingerprint density at radius 2 is 1.61 bits per heavy atom. The summed E-state index contributed by atoms with van der Waals surface area (Å²) in [6, 6.07) is 14.4. The second kappa shape index (κ2) is 6.57. The summed E-state index contributed by atoms with van der Waals surface area (Å²) in [5, 5.41) is 3.09. The zero-order valence-electron chi connectivity index (χ0n) is 15.0. The second-order valence-electron chi connectivity index (χ2n) is 7.39. The molecule has 0 heterocycles. The highest BCUT2D eigenvalue weighted by molar-refractivity contribution is 5.95. The number of hydrogen-bond acceptors (Lipinski definition) is 1. The second-order valence-corrected chi connectivity index (χ2v) is 7.39. The van der Waals surface area contributed by atoms with Crippen molar-refractivity contribution in [2.75, 3.05) is 0 Å². The minimum Gasteiger partial charge on any atom is -0.346 e. The number of carbonyl (C=O) groups is 1. The fourth-order valence-electron chi connectivity index (χ4n) is 2.70. The Bertz CT molecular complexity index is 693. The minimum atomic E-state index is -0.0186. The van der Waals surface area contributed by atoms with E-state index in [2.05, 4.69) is 50.4 Å². The molecule has 0 aliphatic rings. The summed E-state index contributed by atoms with van der Waals surface area (Å²) in [5.41, 5.74) is 5.49. The zero-order chi connectivity index (χ0) is 17.2. The number of carbonyl (C=O) groups excluding carboxylic acids is 1. The third-order valence-corrected chi connectivity index (χ3v) is 4.25. The van der Waals surface area contributed by atoms with Gasteiger partial charge in [-0.25, -0.2) is 0 Å². The molecule has 0 aromatic heterocycles. The first-order valence-corrected chi connectivity index (χ1v) is 8.17. The van der Waals surface area contributed by atoms with Crippen LogP contribution in [0.4, 0.5) is 0 Å². The highest BCUT2D eigenvalue weighted by atomic mass is 16.1. The lowest BCUT2D eigenvalue weighted by atomic mass is 9.86. The third kappa shape index (κ3) is 4.22. The van der Waals surface area contributed by atoms with Crippen LogP contribution in [0.15, 0.2) is 42.5 Å². The Morgan fingerprint density at radius 3 is 2.13 bits per heavy atom. The van der Waals surface area contributed by atoms with Crippen molar-refractivity contribution in [3.05, 3.63) is 70.3 Å². The molecule has 2 rings (SSSR count). The average Bonchev–Trinajstić information content (AvgIpc) is 2.46.